The lowest BCUT2D eigenvalue weighted by Crippen LogP contribution is -2.23. The van der Waals surface area contributed by atoms with Crippen LogP contribution in [0.4, 0.5) is 0 Å². The van der Waals surface area contributed by atoms with Crippen molar-refractivity contribution in [2.45, 2.75) is 19.4 Å². The van der Waals surface area contributed by atoms with E-state index in [9.17, 15) is 4.79 Å². The fourth-order valence-corrected chi connectivity index (χ4v) is 1.65. The van der Waals surface area contributed by atoms with Gasteiger partial charge in [-0.2, -0.15) is 0 Å². The molecular formula is C7H10N2OS. The number of aryl methyl sites for hydroxylation is 1. The van der Waals surface area contributed by atoms with Crippen molar-refractivity contribution in [3.8, 4) is 0 Å². The lowest BCUT2D eigenvalue weighted by molar-refractivity contribution is -0.108. The van der Waals surface area contributed by atoms with Crippen LogP contribution >= 0.6 is 11.3 Å². The van der Waals surface area contributed by atoms with Crippen LogP contribution < -0.4 is 5.73 Å². The lowest BCUT2D eigenvalue weighted by Gasteiger charge is -1.97. The molecule has 60 valence electrons. The zero-order valence-electron chi connectivity index (χ0n) is 6.28. The lowest BCUT2D eigenvalue weighted by atomic mass is 10.2. The summed E-state index contributed by atoms with van der Waals surface area (Å²) in [5, 5.41) is 1.01. The summed E-state index contributed by atoms with van der Waals surface area (Å²) < 4.78 is 0. The summed E-state index contributed by atoms with van der Waals surface area (Å²) in [5.74, 6) is 0. The summed E-state index contributed by atoms with van der Waals surface area (Å²) >= 11 is 1.58. The van der Waals surface area contributed by atoms with Crippen LogP contribution in [0.1, 0.15) is 9.88 Å². The van der Waals surface area contributed by atoms with Crippen LogP contribution in [0.2, 0.25) is 0 Å². The predicted molar refractivity (Wildman–Crippen MR) is 44.6 cm³/mol. The van der Waals surface area contributed by atoms with Crippen molar-refractivity contribution in [1.82, 2.24) is 4.98 Å². The van der Waals surface area contributed by atoms with Gasteiger partial charge in [0.15, 0.2) is 0 Å². The third-order valence-electron chi connectivity index (χ3n) is 1.28. The molecule has 1 aromatic rings. The molecule has 0 aromatic carbocycles. The standard InChI is InChI=1S/C7H10N2OS/c1-5-9-3-7(11-5)2-6(8)4-10/h3-4,6H,2,8H2,1H3. The number of nitrogens with two attached hydrogens (primary N) is 1. The molecule has 0 aliphatic carbocycles. The molecule has 0 amide bonds. The van der Waals surface area contributed by atoms with Gasteiger partial charge in [0.2, 0.25) is 0 Å². The van der Waals surface area contributed by atoms with Gasteiger partial charge in [-0.1, -0.05) is 0 Å². The highest BCUT2D eigenvalue weighted by Crippen LogP contribution is 2.12. The number of nitrogens with zero attached hydrogens (tertiary/aromatic N) is 1. The van der Waals surface area contributed by atoms with Gasteiger partial charge < -0.3 is 10.5 Å². The van der Waals surface area contributed by atoms with Gasteiger partial charge in [-0.25, -0.2) is 4.98 Å². The molecule has 11 heavy (non-hydrogen) atoms. The fraction of sp³-hybridized carbons (Fsp3) is 0.429. The van der Waals surface area contributed by atoms with Crippen molar-refractivity contribution in [2.24, 2.45) is 5.73 Å². The molecule has 1 atom stereocenters. The van der Waals surface area contributed by atoms with Crippen LogP contribution in [0, 0.1) is 6.92 Å². The molecule has 1 rings (SSSR count). The molecule has 0 saturated heterocycles. The van der Waals surface area contributed by atoms with E-state index in [0.29, 0.717) is 6.42 Å². The minimum Gasteiger partial charge on any atom is -0.321 e. The summed E-state index contributed by atoms with van der Waals surface area (Å²) in [5.41, 5.74) is 5.43. The van der Waals surface area contributed by atoms with Gasteiger partial charge in [0, 0.05) is 17.5 Å². The third-order valence-corrected chi connectivity index (χ3v) is 2.22. The number of rotatable bonds is 3. The van der Waals surface area contributed by atoms with E-state index in [1.165, 1.54) is 0 Å². The average molecular weight is 170 g/mol. The first-order valence-electron chi connectivity index (χ1n) is 3.34. The largest absolute Gasteiger partial charge is 0.321 e. The van der Waals surface area contributed by atoms with Gasteiger partial charge >= 0.3 is 0 Å². The smallest absolute Gasteiger partial charge is 0.137 e. The molecule has 0 fully saturated rings. The Balaban J connectivity index is 2.57. The monoisotopic (exact) mass is 170 g/mol. The van der Waals surface area contributed by atoms with Crippen LogP contribution in [0.3, 0.4) is 0 Å². The number of carbonyl (C=O) groups excluding carboxylic acids is 1. The topological polar surface area (TPSA) is 56.0 Å². The maximum atomic E-state index is 10.2. The van der Waals surface area contributed by atoms with Crippen molar-refractivity contribution >= 4 is 17.6 Å². The van der Waals surface area contributed by atoms with Crippen molar-refractivity contribution in [2.75, 3.05) is 0 Å². The van der Waals surface area contributed by atoms with Crippen LogP contribution in [-0.2, 0) is 11.2 Å². The van der Waals surface area contributed by atoms with Crippen LogP contribution in [0.25, 0.3) is 0 Å². The molecular weight excluding hydrogens is 160 g/mol. The summed E-state index contributed by atoms with van der Waals surface area (Å²) in [4.78, 5) is 15.3. The maximum absolute atomic E-state index is 10.2. The Morgan fingerprint density at radius 2 is 2.64 bits per heavy atom. The molecule has 3 nitrogen and oxygen atoms in total. The third kappa shape index (κ3) is 2.40. The summed E-state index contributed by atoms with van der Waals surface area (Å²) in [6, 6.07) is -0.380. The summed E-state index contributed by atoms with van der Waals surface area (Å²) in [6.07, 6.45) is 3.13. The molecule has 0 aliphatic rings. The Morgan fingerprint density at radius 1 is 1.91 bits per heavy atom. The first-order valence-corrected chi connectivity index (χ1v) is 4.16. The molecule has 1 heterocycles. The molecule has 1 aromatic heterocycles. The first kappa shape index (κ1) is 8.36. The zero-order chi connectivity index (χ0) is 8.27. The van der Waals surface area contributed by atoms with Crippen LogP contribution in [-0.4, -0.2) is 17.3 Å². The fourth-order valence-electron chi connectivity index (χ4n) is 0.780. The Bertz CT molecular complexity index is 246. The van der Waals surface area contributed by atoms with Crippen LogP contribution in [0.15, 0.2) is 6.20 Å². The number of hydrogen-bond donors (Lipinski definition) is 1. The van der Waals surface area contributed by atoms with Crippen molar-refractivity contribution in [3.63, 3.8) is 0 Å². The van der Waals surface area contributed by atoms with Gasteiger partial charge in [0.25, 0.3) is 0 Å². The Morgan fingerprint density at radius 3 is 3.09 bits per heavy atom. The van der Waals surface area contributed by atoms with E-state index >= 15 is 0 Å². The molecule has 1 unspecified atom stereocenters. The number of carbonyl (C=O) groups is 1. The highest BCUT2D eigenvalue weighted by atomic mass is 32.1. The minimum absolute atomic E-state index is 0.380. The number of thiazole rings is 1. The Kier molecular flexibility index (Phi) is 2.73. The Hall–Kier alpha value is -0.740. The number of hydrogen-bond acceptors (Lipinski definition) is 4. The van der Waals surface area contributed by atoms with Gasteiger partial charge in [0.05, 0.1) is 11.0 Å². The second kappa shape index (κ2) is 3.59. The molecule has 0 bridgehead atoms. The highest BCUT2D eigenvalue weighted by molar-refractivity contribution is 7.11. The summed E-state index contributed by atoms with van der Waals surface area (Å²) in [7, 11) is 0. The Labute approximate surface area is 69.3 Å². The van der Waals surface area contributed by atoms with E-state index in [1.807, 2.05) is 6.92 Å². The van der Waals surface area contributed by atoms with Crippen molar-refractivity contribution in [1.29, 1.82) is 0 Å². The van der Waals surface area contributed by atoms with Crippen molar-refractivity contribution < 1.29 is 4.79 Å². The van der Waals surface area contributed by atoms with Gasteiger partial charge in [-0.15, -0.1) is 11.3 Å². The predicted octanol–water partition coefficient (Wildman–Crippen LogP) is 0.520. The van der Waals surface area contributed by atoms with Crippen LogP contribution in [0.5, 0.6) is 0 Å². The van der Waals surface area contributed by atoms with Gasteiger partial charge in [0.1, 0.15) is 6.29 Å². The molecule has 0 radical (unpaired) electrons. The average Bonchev–Trinajstić information content (AvgIpc) is 2.35. The minimum atomic E-state index is -0.380. The molecule has 2 N–H and O–H groups in total. The van der Waals surface area contributed by atoms with E-state index in [1.54, 1.807) is 17.5 Å². The van der Waals surface area contributed by atoms with Gasteiger partial charge in [-0.3, -0.25) is 0 Å². The second-order valence-electron chi connectivity index (χ2n) is 2.35. The maximum Gasteiger partial charge on any atom is 0.137 e. The van der Waals surface area contributed by atoms with E-state index in [2.05, 4.69) is 4.98 Å². The van der Waals surface area contributed by atoms with E-state index in [4.69, 9.17) is 5.73 Å². The number of aromatic nitrogens is 1. The second-order valence-corrected chi connectivity index (χ2v) is 3.67. The summed E-state index contributed by atoms with van der Waals surface area (Å²) in [6.45, 7) is 1.93. The van der Waals surface area contributed by atoms with E-state index < -0.39 is 0 Å². The normalized spacial score (nSPS) is 12.9. The van der Waals surface area contributed by atoms with E-state index in [-0.39, 0.29) is 6.04 Å². The highest BCUT2D eigenvalue weighted by Gasteiger charge is 2.03. The molecule has 4 heteroatoms. The quantitative estimate of drug-likeness (QED) is 0.673. The van der Waals surface area contributed by atoms with Gasteiger partial charge in [-0.05, 0) is 6.92 Å². The SMILES string of the molecule is Cc1ncc(CC(N)C=O)s1. The van der Waals surface area contributed by atoms with E-state index in [0.717, 1.165) is 16.2 Å². The van der Waals surface area contributed by atoms with Crippen molar-refractivity contribution in [3.05, 3.63) is 16.1 Å². The zero-order valence-corrected chi connectivity index (χ0v) is 7.10. The molecule has 0 spiro atoms. The number of aldehydes is 1. The molecule has 0 aliphatic heterocycles. The first-order chi connectivity index (χ1) is 5.22. The molecule has 0 saturated carbocycles.